The summed E-state index contributed by atoms with van der Waals surface area (Å²) in [6, 6.07) is 5.17. The average molecular weight is 307 g/mol. The van der Waals surface area contributed by atoms with Crippen molar-refractivity contribution in [3.63, 3.8) is 0 Å². The molecule has 2 unspecified atom stereocenters. The van der Waals surface area contributed by atoms with Gasteiger partial charge < -0.3 is 5.32 Å². The van der Waals surface area contributed by atoms with Gasteiger partial charge in [-0.15, -0.1) is 11.3 Å². The summed E-state index contributed by atoms with van der Waals surface area (Å²) in [5.74, 6) is 0.775. The van der Waals surface area contributed by atoms with Gasteiger partial charge in [-0.25, -0.2) is 0 Å². The van der Waals surface area contributed by atoms with Crippen molar-refractivity contribution in [1.29, 1.82) is 0 Å². The van der Waals surface area contributed by atoms with Crippen molar-refractivity contribution in [2.24, 2.45) is 5.92 Å². The molecule has 1 saturated heterocycles. The summed E-state index contributed by atoms with van der Waals surface area (Å²) in [6.07, 6.45) is 8.31. The molecule has 118 valence electrons. The summed E-state index contributed by atoms with van der Waals surface area (Å²) in [5, 5.41) is 6.12. The molecule has 21 heavy (non-hydrogen) atoms. The second-order valence-electron chi connectivity index (χ2n) is 7.12. The molecule has 1 saturated carbocycles. The van der Waals surface area contributed by atoms with Crippen molar-refractivity contribution in [3.8, 4) is 0 Å². The van der Waals surface area contributed by atoms with E-state index in [1.54, 1.807) is 0 Å². The largest absolute Gasteiger partial charge is 0.311 e. The quantitative estimate of drug-likeness (QED) is 0.893. The number of hydrogen-bond acceptors (Lipinski definition) is 3. The first kappa shape index (κ1) is 15.5. The summed E-state index contributed by atoms with van der Waals surface area (Å²) in [4.78, 5) is 4.37. The number of nitrogens with one attached hydrogen (secondary N) is 1. The number of hydrogen-bond donors (Lipinski definition) is 1. The molecule has 1 aliphatic heterocycles. The van der Waals surface area contributed by atoms with Crippen molar-refractivity contribution >= 4 is 11.3 Å². The van der Waals surface area contributed by atoms with E-state index in [-0.39, 0.29) is 0 Å². The first-order chi connectivity index (χ1) is 10.2. The molecule has 2 heterocycles. The van der Waals surface area contributed by atoms with E-state index >= 15 is 0 Å². The van der Waals surface area contributed by atoms with Gasteiger partial charge in [0.2, 0.25) is 0 Å². The number of nitrogens with zero attached hydrogens (tertiary/aromatic N) is 1. The minimum atomic E-state index is 0.437. The monoisotopic (exact) mass is 306 g/mol. The van der Waals surface area contributed by atoms with E-state index in [1.165, 1.54) is 56.5 Å². The van der Waals surface area contributed by atoms with Crippen LogP contribution in [0, 0.1) is 5.92 Å². The van der Waals surface area contributed by atoms with E-state index in [1.807, 2.05) is 11.3 Å². The Morgan fingerprint density at radius 3 is 2.86 bits per heavy atom. The van der Waals surface area contributed by atoms with E-state index < -0.39 is 0 Å². The van der Waals surface area contributed by atoms with Crippen LogP contribution < -0.4 is 5.32 Å². The smallest absolute Gasteiger partial charge is 0.0338 e. The fourth-order valence-electron chi connectivity index (χ4n) is 4.12. The molecule has 1 N–H and O–H groups in total. The van der Waals surface area contributed by atoms with Crippen LogP contribution in [0.2, 0.25) is 0 Å². The van der Waals surface area contributed by atoms with E-state index in [2.05, 4.69) is 41.6 Å². The van der Waals surface area contributed by atoms with E-state index in [4.69, 9.17) is 0 Å². The van der Waals surface area contributed by atoms with Gasteiger partial charge in [0.1, 0.15) is 0 Å². The minimum absolute atomic E-state index is 0.437. The number of piperazine rings is 1. The molecule has 3 heteroatoms. The Hall–Kier alpha value is -0.380. The first-order valence-electron chi connectivity index (χ1n) is 8.74. The Bertz CT molecular complexity index is 422. The molecular weight excluding hydrogens is 276 g/mol. The van der Waals surface area contributed by atoms with Crippen LogP contribution in [0.15, 0.2) is 17.5 Å². The van der Waals surface area contributed by atoms with Gasteiger partial charge in [-0.1, -0.05) is 45.6 Å². The van der Waals surface area contributed by atoms with Gasteiger partial charge in [-0.2, -0.15) is 0 Å². The molecule has 0 bridgehead atoms. The molecular formula is C18H30N2S. The average Bonchev–Trinajstić information content (AvgIpc) is 3.03. The summed E-state index contributed by atoms with van der Waals surface area (Å²) in [6.45, 7) is 8.31. The van der Waals surface area contributed by atoms with Gasteiger partial charge >= 0.3 is 0 Å². The highest BCUT2D eigenvalue weighted by Gasteiger charge is 2.42. The van der Waals surface area contributed by atoms with Crippen LogP contribution >= 0.6 is 11.3 Å². The summed E-state index contributed by atoms with van der Waals surface area (Å²) >= 11 is 1.92. The van der Waals surface area contributed by atoms with Crippen molar-refractivity contribution in [2.75, 3.05) is 13.1 Å². The molecule has 1 aliphatic carbocycles. The molecule has 1 spiro atoms. The van der Waals surface area contributed by atoms with Crippen molar-refractivity contribution < 1.29 is 0 Å². The maximum atomic E-state index is 3.90. The van der Waals surface area contributed by atoms with Crippen molar-refractivity contribution in [1.82, 2.24) is 10.2 Å². The van der Waals surface area contributed by atoms with E-state index in [0.29, 0.717) is 11.6 Å². The predicted octanol–water partition coefficient (Wildman–Crippen LogP) is 4.27. The van der Waals surface area contributed by atoms with Gasteiger partial charge in [0, 0.05) is 36.1 Å². The van der Waals surface area contributed by atoms with Crippen molar-refractivity contribution in [3.05, 3.63) is 22.4 Å². The fraction of sp³-hybridized carbons (Fsp3) is 0.778. The SMILES string of the molecule is CCC(C)C1CN(Cc2cccs2)C2(CCCCC2)CN1. The third kappa shape index (κ3) is 3.35. The van der Waals surface area contributed by atoms with Crippen LogP contribution in [0.1, 0.15) is 57.2 Å². The van der Waals surface area contributed by atoms with Gasteiger partial charge in [0.15, 0.2) is 0 Å². The maximum absolute atomic E-state index is 3.90. The zero-order chi connectivity index (χ0) is 14.7. The molecule has 1 aromatic rings. The van der Waals surface area contributed by atoms with Gasteiger partial charge in [-0.05, 0) is 30.2 Å². The van der Waals surface area contributed by atoms with Gasteiger partial charge in [-0.3, -0.25) is 4.90 Å². The number of rotatable bonds is 4. The van der Waals surface area contributed by atoms with Crippen LogP contribution in [-0.4, -0.2) is 29.6 Å². The normalized spacial score (nSPS) is 27.8. The van der Waals surface area contributed by atoms with Crippen LogP contribution in [0.5, 0.6) is 0 Å². The topological polar surface area (TPSA) is 15.3 Å². The van der Waals surface area contributed by atoms with Crippen molar-refractivity contribution in [2.45, 2.75) is 70.5 Å². The van der Waals surface area contributed by atoms with Crippen LogP contribution in [-0.2, 0) is 6.54 Å². The molecule has 3 rings (SSSR count). The highest BCUT2D eigenvalue weighted by molar-refractivity contribution is 7.09. The molecule has 2 aliphatic rings. The molecule has 1 aromatic heterocycles. The second kappa shape index (κ2) is 6.80. The first-order valence-corrected chi connectivity index (χ1v) is 9.62. The Labute approximate surface area is 133 Å². The summed E-state index contributed by atoms with van der Waals surface area (Å²) in [5.41, 5.74) is 0.437. The fourth-order valence-corrected chi connectivity index (χ4v) is 4.84. The van der Waals surface area contributed by atoms with Crippen LogP contribution in [0.25, 0.3) is 0 Å². The molecule has 2 fully saturated rings. The van der Waals surface area contributed by atoms with E-state index in [0.717, 1.165) is 12.5 Å². The molecule has 2 atom stereocenters. The number of thiophene rings is 1. The maximum Gasteiger partial charge on any atom is 0.0338 e. The molecule has 0 radical (unpaired) electrons. The lowest BCUT2D eigenvalue weighted by Gasteiger charge is -2.53. The Kier molecular flexibility index (Phi) is 5.03. The lowest BCUT2D eigenvalue weighted by Crippen LogP contribution is -2.65. The zero-order valence-corrected chi connectivity index (χ0v) is 14.4. The highest BCUT2D eigenvalue weighted by atomic mass is 32.1. The van der Waals surface area contributed by atoms with Crippen LogP contribution in [0.3, 0.4) is 0 Å². The highest BCUT2D eigenvalue weighted by Crippen LogP contribution is 2.37. The van der Waals surface area contributed by atoms with Gasteiger partial charge in [0.05, 0.1) is 0 Å². The predicted molar refractivity (Wildman–Crippen MR) is 91.8 cm³/mol. The lowest BCUT2D eigenvalue weighted by atomic mass is 9.77. The zero-order valence-electron chi connectivity index (χ0n) is 13.6. The summed E-state index contributed by atoms with van der Waals surface area (Å²) in [7, 11) is 0. The Morgan fingerprint density at radius 1 is 1.38 bits per heavy atom. The standard InChI is InChI=1S/C18H30N2S/c1-3-15(2)17-13-20(12-16-8-7-11-21-16)18(14-19-17)9-5-4-6-10-18/h7-8,11,15,17,19H,3-6,9-10,12-14H2,1-2H3. The third-order valence-electron chi connectivity index (χ3n) is 5.82. The lowest BCUT2D eigenvalue weighted by molar-refractivity contribution is -0.00516. The van der Waals surface area contributed by atoms with Crippen LogP contribution in [0.4, 0.5) is 0 Å². The van der Waals surface area contributed by atoms with E-state index in [9.17, 15) is 0 Å². The van der Waals surface area contributed by atoms with Gasteiger partial charge in [0.25, 0.3) is 0 Å². The third-order valence-corrected chi connectivity index (χ3v) is 6.68. The Morgan fingerprint density at radius 2 is 2.19 bits per heavy atom. The molecule has 0 amide bonds. The minimum Gasteiger partial charge on any atom is -0.311 e. The Balaban J connectivity index is 1.76. The molecule has 2 nitrogen and oxygen atoms in total. The summed E-state index contributed by atoms with van der Waals surface area (Å²) < 4.78 is 0. The second-order valence-corrected chi connectivity index (χ2v) is 8.15. The molecule has 0 aromatic carbocycles.